The smallest absolute Gasteiger partial charge is 0.273 e. The van der Waals surface area contributed by atoms with Gasteiger partial charge in [0, 0.05) is 25.3 Å². The standard InChI is InChI=1S/C23H25N5O3/c29-23(24-11-13-27-12-5-7-17-6-1-2-8-20(17)27)19-15-28(26-25-19)14-18-16-30-21-9-3-4-10-22(21)31-18/h1-4,6,8-10,15,18H,5,7,11-14,16H2,(H,24,29). The highest BCUT2D eigenvalue weighted by atomic mass is 16.6. The Hall–Kier alpha value is -3.55. The van der Waals surface area contributed by atoms with Gasteiger partial charge in [-0.1, -0.05) is 35.5 Å². The topological polar surface area (TPSA) is 81.5 Å². The molecule has 1 amide bonds. The SMILES string of the molecule is O=C(NCCN1CCCc2ccccc21)c1cn(CC2COc3ccccc3O2)nn1. The molecule has 1 aromatic heterocycles. The summed E-state index contributed by atoms with van der Waals surface area (Å²) in [4.78, 5) is 14.8. The van der Waals surface area contributed by atoms with Crippen molar-refractivity contribution in [1.29, 1.82) is 0 Å². The molecule has 3 aromatic rings. The van der Waals surface area contributed by atoms with Gasteiger partial charge in [0.25, 0.3) is 5.91 Å². The molecule has 31 heavy (non-hydrogen) atoms. The molecule has 2 aliphatic heterocycles. The fraction of sp³-hybridized carbons (Fsp3) is 0.348. The van der Waals surface area contributed by atoms with Gasteiger partial charge in [-0.25, -0.2) is 4.68 Å². The summed E-state index contributed by atoms with van der Waals surface area (Å²) in [5, 5.41) is 11.0. The van der Waals surface area contributed by atoms with Gasteiger partial charge in [-0.05, 0) is 36.6 Å². The number of fused-ring (bicyclic) bond motifs is 2. The minimum absolute atomic E-state index is 0.188. The zero-order chi connectivity index (χ0) is 21.0. The lowest BCUT2D eigenvalue weighted by Gasteiger charge is -2.31. The summed E-state index contributed by atoms with van der Waals surface area (Å²) in [7, 11) is 0. The molecule has 1 atom stereocenters. The molecule has 0 spiro atoms. The quantitative estimate of drug-likeness (QED) is 0.660. The van der Waals surface area contributed by atoms with Crippen LogP contribution >= 0.6 is 0 Å². The Morgan fingerprint density at radius 2 is 1.97 bits per heavy atom. The molecule has 0 aliphatic carbocycles. The summed E-state index contributed by atoms with van der Waals surface area (Å²) in [5.74, 6) is 1.24. The molecule has 5 rings (SSSR count). The van der Waals surface area contributed by atoms with Crippen molar-refractivity contribution in [2.45, 2.75) is 25.5 Å². The van der Waals surface area contributed by atoms with Crippen LogP contribution in [0.5, 0.6) is 11.5 Å². The lowest BCUT2D eigenvalue weighted by Crippen LogP contribution is -2.37. The van der Waals surface area contributed by atoms with Crippen molar-refractivity contribution in [3.63, 3.8) is 0 Å². The minimum Gasteiger partial charge on any atom is -0.486 e. The van der Waals surface area contributed by atoms with Crippen LogP contribution in [0.3, 0.4) is 0 Å². The Kier molecular flexibility index (Phi) is 5.43. The van der Waals surface area contributed by atoms with Gasteiger partial charge < -0.3 is 19.7 Å². The van der Waals surface area contributed by atoms with E-state index in [0.29, 0.717) is 25.4 Å². The van der Waals surface area contributed by atoms with E-state index in [1.165, 1.54) is 11.3 Å². The minimum atomic E-state index is -0.220. The molecular formula is C23H25N5O3. The number of amides is 1. The van der Waals surface area contributed by atoms with Gasteiger partial charge in [0.1, 0.15) is 6.61 Å². The molecule has 0 fully saturated rings. The van der Waals surface area contributed by atoms with Gasteiger partial charge in [0.05, 0.1) is 12.7 Å². The van der Waals surface area contributed by atoms with Gasteiger partial charge in [0.15, 0.2) is 23.3 Å². The van der Waals surface area contributed by atoms with Gasteiger partial charge in [-0.15, -0.1) is 5.10 Å². The van der Waals surface area contributed by atoms with Crippen molar-refractivity contribution in [3.8, 4) is 11.5 Å². The number of para-hydroxylation sites is 3. The number of hydrogen-bond donors (Lipinski definition) is 1. The monoisotopic (exact) mass is 419 g/mol. The van der Waals surface area contributed by atoms with Crippen molar-refractivity contribution < 1.29 is 14.3 Å². The molecule has 0 saturated heterocycles. The average molecular weight is 419 g/mol. The molecule has 160 valence electrons. The van der Waals surface area contributed by atoms with Crippen molar-refractivity contribution in [1.82, 2.24) is 20.3 Å². The second-order valence-electron chi connectivity index (χ2n) is 7.80. The van der Waals surface area contributed by atoms with Crippen molar-refractivity contribution >= 4 is 11.6 Å². The number of nitrogens with one attached hydrogen (secondary N) is 1. The second-order valence-corrected chi connectivity index (χ2v) is 7.80. The van der Waals surface area contributed by atoms with E-state index in [2.05, 4.69) is 44.8 Å². The van der Waals surface area contributed by atoms with Gasteiger partial charge in [-0.3, -0.25) is 4.79 Å². The van der Waals surface area contributed by atoms with Gasteiger partial charge in [-0.2, -0.15) is 0 Å². The summed E-state index contributed by atoms with van der Waals surface area (Å²) in [5.41, 5.74) is 2.95. The summed E-state index contributed by atoms with van der Waals surface area (Å²) >= 11 is 0. The van der Waals surface area contributed by atoms with Gasteiger partial charge >= 0.3 is 0 Å². The largest absolute Gasteiger partial charge is 0.486 e. The number of aryl methyl sites for hydroxylation is 1. The first-order valence-corrected chi connectivity index (χ1v) is 10.7. The first kappa shape index (κ1) is 19.4. The Morgan fingerprint density at radius 3 is 2.90 bits per heavy atom. The lowest BCUT2D eigenvalue weighted by atomic mass is 10.0. The van der Waals surface area contributed by atoms with Crippen molar-refractivity contribution in [2.24, 2.45) is 0 Å². The van der Waals surface area contributed by atoms with E-state index in [1.54, 1.807) is 10.9 Å². The van der Waals surface area contributed by atoms with E-state index in [-0.39, 0.29) is 12.0 Å². The van der Waals surface area contributed by atoms with Crippen LogP contribution in [0.2, 0.25) is 0 Å². The van der Waals surface area contributed by atoms with E-state index >= 15 is 0 Å². The molecular weight excluding hydrogens is 394 g/mol. The molecule has 8 nitrogen and oxygen atoms in total. The Morgan fingerprint density at radius 1 is 1.13 bits per heavy atom. The zero-order valence-electron chi connectivity index (χ0n) is 17.2. The molecule has 1 N–H and O–H groups in total. The Labute approximate surface area is 180 Å². The number of aromatic nitrogens is 3. The number of carbonyl (C=O) groups is 1. The van der Waals surface area contributed by atoms with Crippen LogP contribution < -0.4 is 19.7 Å². The van der Waals surface area contributed by atoms with Crippen LogP contribution in [0.15, 0.2) is 54.7 Å². The third-order valence-corrected chi connectivity index (χ3v) is 5.60. The third kappa shape index (κ3) is 4.33. The predicted octanol–water partition coefficient (Wildman–Crippen LogP) is 2.30. The molecule has 0 radical (unpaired) electrons. The fourth-order valence-electron chi connectivity index (χ4n) is 4.09. The maximum absolute atomic E-state index is 12.5. The highest BCUT2D eigenvalue weighted by Gasteiger charge is 2.22. The van der Waals surface area contributed by atoms with Crippen LogP contribution in [-0.2, 0) is 13.0 Å². The van der Waals surface area contributed by atoms with Gasteiger partial charge in [0.2, 0.25) is 0 Å². The number of anilines is 1. The van der Waals surface area contributed by atoms with Crippen molar-refractivity contribution in [3.05, 3.63) is 66.0 Å². The number of rotatable bonds is 6. The lowest BCUT2D eigenvalue weighted by molar-refractivity contribution is 0.0754. The summed E-state index contributed by atoms with van der Waals surface area (Å²) in [6.07, 6.45) is 3.71. The molecule has 2 aromatic carbocycles. The number of carbonyl (C=O) groups excluding carboxylic acids is 1. The zero-order valence-corrected chi connectivity index (χ0v) is 17.2. The summed E-state index contributed by atoms with van der Waals surface area (Å²) in [6, 6.07) is 16.0. The Balaban J connectivity index is 1.13. The maximum atomic E-state index is 12.5. The van der Waals surface area contributed by atoms with Crippen LogP contribution in [0.4, 0.5) is 5.69 Å². The number of benzene rings is 2. The van der Waals surface area contributed by atoms with E-state index < -0.39 is 0 Å². The van der Waals surface area contributed by atoms with E-state index in [4.69, 9.17) is 9.47 Å². The van der Waals surface area contributed by atoms with Crippen molar-refractivity contribution in [2.75, 3.05) is 31.1 Å². The highest BCUT2D eigenvalue weighted by molar-refractivity contribution is 5.91. The normalized spacial score (nSPS) is 17.2. The number of ether oxygens (including phenoxy) is 2. The average Bonchev–Trinajstić information content (AvgIpc) is 3.28. The number of hydrogen-bond acceptors (Lipinski definition) is 6. The third-order valence-electron chi connectivity index (χ3n) is 5.60. The molecule has 0 bridgehead atoms. The molecule has 0 saturated carbocycles. The van der Waals surface area contributed by atoms with E-state index in [0.717, 1.165) is 37.4 Å². The fourth-order valence-corrected chi connectivity index (χ4v) is 4.09. The highest BCUT2D eigenvalue weighted by Crippen LogP contribution is 2.31. The van der Waals surface area contributed by atoms with E-state index in [9.17, 15) is 4.79 Å². The number of nitrogens with zero attached hydrogens (tertiary/aromatic N) is 4. The maximum Gasteiger partial charge on any atom is 0.273 e. The molecule has 3 heterocycles. The summed E-state index contributed by atoms with van der Waals surface area (Å²) in [6.45, 7) is 3.21. The predicted molar refractivity (Wildman–Crippen MR) is 116 cm³/mol. The molecule has 8 heteroatoms. The summed E-state index contributed by atoms with van der Waals surface area (Å²) < 4.78 is 13.3. The molecule has 1 unspecified atom stereocenters. The first-order valence-electron chi connectivity index (χ1n) is 10.7. The van der Waals surface area contributed by atoms with Crippen LogP contribution in [0.25, 0.3) is 0 Å². The van der Waals surface area contributed by atoms with E-state index in [1.807, 2.05) is 24.3 Å². The first-order chi connectivity index (χ1) is 15.3. The van der Waals surface area contributed by atoms with Crippen LogP contribution in [0, 0.1) is 0 Å². The van der Waals surface area contributed by atoms with Crippen LogP contribution in [-0.4, -0.2) is 53.2 Å². The van der Waals surface area contributed by atoms with Crippen LogP contribution in [0.1, 0.15) is 22.5 Å². The molecule has 2 aliphatic rings. The Bertz CT molecular complexity index is 1070. The second kappa shape index (κ2) is 8.67.